The van der Waals surface area contributed by atoms with Crippen molar-refractivity contribution in [3.63, 3.8) is 0 Å². The number of nitrogens with one attached hydrogen (secondary N) is 2. The van der Waals surface area contributed by atoms with Crippen molar-refractivity contribution < 1.29 is 4.79 Å². The Labute approximate surface area is 128 Å². The normalized spacial score (nSPS) is 18.9. The maximum atomic E-state index is 12.4. The van der Waals surface area contributed by atoms with Gasteiger partial charge in [-0.3, -0.25) is 4.79 Å². The van der Waals surface area contributed by atoms with Crippen LogP contribution in [-0.4, -0.2) is 16.9 Å². The van der Waals surface area contributed by atoms with E-state index in [9.17, 15) is 4.79 Å². The van der Waals surface area contributed by atoms with Crippen LogP contribution in [0.2, 0.25) is 0 Å². The maximum Gasteiger partial charge on any atom is 0.238 e. The quantitative estimate of drug-likeness (QED) is 0.915. The summed E-state index contributed by atoms with van der Waals surface area (Å²) in [5.74, 6) is 0.0462. The smallest absolute Gasteiger partial charge is 0.238 e. The summed E-state index contributed by atoms with van der Waals surface area (Å²) >= 11 is 1.63. The van der Waals surface area contributed by atoms with Crippen molar-refractivity contribution in [2.24, 2.45) is 0 Å². The van der Waals surface area contributed by atoms with Crippen LogP contribution in [0.3, 0.4) is 0 Å². The van der Waals surface area contributed by atoms with Crippen LogP contribution in [0.25, 0.3) is 0 Å². The Morgan fingerprint density at radius 3 is 2.90 bits per heavy atom. The summed E-state index contributed by atoms with van der Waals surface area (Å²) in [6.07, 6.45) is 2.59. The zero-order valence-corrected chi connectivity index (χ0v) is 13.0. The number of aromatic nitrogens is 1. The second-order valence-corrected chi connectivity index (χ2v) is 6.71. The van der Waals surface area contributed by atoms with Gasteiger partial charge in [-0.25, -0.2) is 4.98 Å². The van der Waals surface area contributed by atoms with Crippen LogP contribution in [0.1, 0.15) is 34.0 Å². The van der Waals surface area contributed by atoms with E-state index in [4.69, 9.17) is 0 Å². The Balaban J connectivity index is 1.64. The van der Waals surface area contributed by atoms with E-state index in [0.29, 0.717) is 0 Å². The summed E-state index contributed by atoms with van der Waals surface area (Å²) in [6, 6.07) is 8.06. The fourth-order valence-corrected chi connectivity index (χ4v) is 3.36. The number of carbonyl (C=O) groups is 1. The molecule has 2 aromatic rings. The molecule has 4 nitrogen and oxygen atoms in total. The van der Waals surface area contributed by atoms with E-state index in [1.165, 1.54) is 11.1 Å². The standard InChI is InChI=1S/C16H19N3OS/c1-10-8-18-16(21-10)11(2)19-15(20)14-7-12-5-3-4-6-13(12)9-17-14/h3-6,8,11,14,17H,7,9H2,1-2H3,(H,19,20). The van der Waals surface area contributed by atoms with Gasteiger partial charge in [0.1, 0.15) is 5.01 Å². The average molecular weight is 301 g/mol. The van der Waals surface area contributed by atoms with E-state index in [1.807, 2.05) is 32.2 Å². The highest BCUT2D eigenvalue weighted by molar-refractivity contribution is 7.11. The van der Waals surface area contributed by atoms with Gasteiger partial charge >= 0.3 is 0 Å². The first kappa shape index (κ1) is 14.2. The zero-order chi connectivity index (χ0) is 14.8. The molecule has 0 fully saturated rings. The van der Waals surface area contributed by atoms with Gasteiger partial charge in [0.05, 0.1) is 12.1 Å². The number of benzene rings is 1. The van der Waals surface area contributed by atoms with Crippen LogP contribution in [0.15, 0.2) is 30.5 Å². The largest absolute Gasteiger partial charge is 0.346 e. The van der Waals surface area contributed by atoms with Gasteiger partial charge in [-0.05, 0) is 31.4 Å². The molecule has 0 radical (unpaired) electrons. The molecule has 2 N–H and O–H groups in total. The fourth-order valence-electron chi connectivity index (χ4n) is 2.59. The first-order valence-corrected chi connectivity index (χ1v) is 7.98. The average Bonchev–Trinajstić information content (AvgIpc) is 2.93. The minimum atomic E-state index is -0.164. The van der Waals surface area contributed by atoms with Crippen molar-refractivity contribution >= 4 is 17.2 Å². The molecule has 2 unspecified atom stereocenters. The molecular formula is C16H19N3OS. The number of hydrogen-bond donors (Lipinski definition) is 2. The van der Waals surface area contributed by atoms with Crippen LogP contribution >= 0.6 is 11.3 Å². The highest BCUT2D eigenvalue weighted by Gasteiger charge is 2.25. The first-order valence-electron chi connectivity index (χ1n) is 7.16. The molecule has 3 rings (SSSR count). The van der Waals surface area contributed by atoms with Crippen LogP contribution < -0.4 is 10.6 Å². The predicted octanol–water partition coefficient (Wildman–Crippen LogP) is 2.34. The van der Waals surface area contributed by atoms with Crippen molar-refractivity contribution in [1.29, 1.82) is 0 Å². The van der Waals surface area contributed by atoms with Gasteiger partial charge < -0.3 is 10.6 Å². The minimum Gasteiger partial charge on any atom is -0.346 e. The van der Waals surface area contributed by atoms with Gasteiger partial charge in [-0.1, -0.05) is 24.3 Å². The van der Waals surface area contributed by atoms with Gasteiger partial charge in [0.15, 0.2) is 0 Å². The van der Waals surface area contributed by atoms with E-state index in [0.717, 1.165) is 22.9 Å². The summed E-state index contributed by atoms with van der Waals surface area (Å²) in [6.45, 7) is 4.75. The molecular weight excluding hydrogens is 282 g/mol. The van der Waals surface area contributed by atoms with Gasteiger partial charge in [-0.15, -0.1) is 11.3 Å². The summed E-state index contributed by atoms with van der Waals surface area (Å²) < 4.78 is 0. The molecule has 1 aliphatic heterocycles. The summed E-state index contributed by atoms with van der Waals surface area (Å²) in [5.41, 5.74) is 2.54. The lowest BCUT2D eigenvalue weighted by Crippen LogP contribution is -2.48. The van der Waals surface area contributed by atoms with Crippen molar-refractivity contribution in [3.05, 3.63) is 51.5 Å². The van der Waals surface area contributed by atoms with Crippen LogP contribution in [0.4, 0.5) is 0 Å². The molecule has 1 aromatic carbocycles. The molecule has 21 heavy (non-hydrogen) atoms. The van der Waals surface area contributed by atoms with E-state index < -0.39 is 0 Å². The molecule has 1 aliphatic rings. The van der Waals surface area contributed by atoms with Crippen LogP contribution in [0, 0.1) is 6.92 Å². The number of hydrogen-bond acceptors (Lipinski definition) is 4. The second-order valence-electron chi connectivity index (χ2n) is 5.45. The molecule has 2 atom stereocenters. The van der Waals surface area contributed by atoms with Gasteiger partial charge in [0.25, 0.3) is 0 Å². The van der Waals surface area contributed by atoms with Crippen molar-refractivity contribution in [2.75, 3.05) is 0 Å². The van der Waals surface area contributed by atoms with Crippen molar-refractivity contribution in [1.82, 2.24) is 15.6 Å². The molecule has 1 amide bonds. The molecule has 2 heterocycles. The van der Waals surface area contributed by atoms with Gasteiger partial charge in [0, 0.05) is 17.6 Å². The first-order chi connectivity index (χ1) is 10.1. The summed E-state index contributed by atoms with van der Waals surface area (Å²) in [7, 11) is 0. The molecule has 0 saturated carbocycles. The zero-order valence-electron chi connectivity index (χ0n) is 12.2. The molecule has 0 aliphatic carbocycles. The summed E-state index contributed by atoms with van der Waals surface area (Å²) in [5, 5.41) is 7.32. The van der Waals surface area contributed by atoms with Gasteiger partial charge in [-0.2, -0.15) is 0 Å². The van der Waals surface area contributed by atoms with Crippen molar-refractivity contribution in [2.45, 2.75) is 38.9 Å². The van der Waals surface area contributed by atoms with Crippen molar-refractivity contribution in [3.8, 4) is 0 Å². The van der Waals surface area contributed by atoms with E-state index >= 15 is 0 Å². The minimum absolute atomic E-state index is 0.0461. The molecule has 0 saturated heterocycles. The Kier molecular flexibility index (Phi) is 4.03. The molecule has 1 aromatic heterocycles. The lowest BCUT2D eigenvalue weighted by Gasteiger charge is -2.26. The number of fused-ring (bicyclic) bond motifs is 1. The Morgan fingerprint density at radius 1 is 1.43 bits per heavy atom. The molecule has 110 valence electrons. The number of carbonyl (C=O) groups excluding carboxylic acids is 1. The highest BCUT2D eigenvalue weighted by atomic mass is 32.1. The van der Waals surface area contributed by atoms with E-state index in [-0.39, 0.29) is 18.0 Å². The second kappa shape index (κ2) is 5.95. The lowest BCUT2D eigenvalue weighted by atomic mass is 9.95. The third-order valence-corrected chi connectivity index (χ3v) is 4.86. The maximum absolute atomic E-state index is 12.4. The number of amides is 1. The number of nitrogens with zero attached hydrogens (tertiary/aromatic N) is 1. The summed E-state index contributed by atoms with van der Waals surface area (Å²) in [4.78, 5) is 17.9. The van der Waals surface area contributed by atoms with Crippen LogP contribution in [-0.2, 0) is 17.8 Å². The fraction of sp³-hybridized carbons (Fsp3) is 0.375. The Hall–Kier alpha value is -1.72. The third kappa shape index (κ3) is 3.14. The highest BCUT2D eigenvalue weighted by Crippen LogP contribution is 2.20. The molecule has 0 bridgehead atoms. The van der Waals surface area contributed by atoms with E-state index in [1.54, 1.807) is 11.3 Å². The van der Waals surface area contributed by atoms with Crippen LogP contribution in [0.5, 0.6) is 0 Å². The van der Waals surface area contributed by atoms with Gasteiger partial charge in [0.2, 0.25) is 5.91 Å². The number of thiazole rings is 1. The molecule has 0 spiro atoms. The Morgan fingerprint density at radius 2 is 2.19 bits per heavy atom. The lowest BCUT2D eigenvalue weighted by molar-refractivity contribution is -0.124. The predicted molar refractivity (Wildman–Crippen MR) is 84.2 cm³/mol. The van der Waals surface area contributed by atoms with E-state index in [2.05, 4.69) is 27.8 Å². The SMILES string of the molecule is Cc1cnc(C(C)NC(=O)C2Cc3ccccc3CN2)s1. The molecule has 5 heteroatoms. The monoisotopic (exact) mass is 301 g/mol. The number of aryl methyl sites for hydroxylation is 1. The number of rotatable bonds is 3. The third-order valence-electron chi connectivity index (χ3n) is 3.77. The topological polar surface area (TPSA) is 54.0 Å². The Bertz CT molecular complexity index is 652.